The normalized spacial score (nSPS) is 13.0. The summed E-state index contributed by atoms with van der Waals surface area (Å²) in [5.74, 6) is 0.655. The fourth-order valence-electron chi connectivity index (χ4n) is 10.5. The number of fused-ring (bicyclic) bond motifs is 15. The quantitative estimate of drug-likeness (QED) is 0.178. The minimum Gasteiger partial charge on any atom is -0.455 e. The van der Waals surface area contributed by atoms with Crippen LogP contribution in [0.5, 0.6) is 0 Å². The lowest BCUT2D eigenvalue weighted by Crippen LogP contribution is -2.29. The summed E-state index contributed by atoms with van der Waals surface area (Å²) in [5.41, 5.74) is 20.5. The molecule has 2 aromatic heterocycles. The van der Waals surface area contributed by atoms with Gasteiger partial charge in [-0.1, -0.05) is 194 Å². The Morgan fingerprint density at radius 2 is 0.790 bits per heavy atom. The molecule has 288 valence electrons. The molecule has 0 atom stereocenters. The molecule has 2 aliphatic rings. The monoisotopic (exact) mass is 788 g/mol. The van der Waals surface area contributed by atoms with Crippen LogP contribution in [0.4, 0.5) is 0 Å². The van der Waals surface area contributed by atoms with E-state index in [4.69, 9.17) is 14.4 Å². The minimum absolute atomic E-state index is 0.597. The third kappa shape index (κ3) is 5.00. The molecule has 62 heavy (non-hydrogen) atoms. The molecule has 2 heterocycles. The van der Waals surface area contributed by atoms with Crippen LogP contribution in [0.3, 0.4) is 0 Å². The summed E-state index contributed by atoms with van der Waals surface area (Å²) in [6.07, 6.45) is 0. The van der Waals surface area contributed by atoms with Gasteiger partial charge < -0.3 is 4.42 Å². The van der Waals surface area contributed by atoms with Crippen LogP contribution in [0.1, 0.15) is 22.3 Å². The molecule has 1 spiro atoms. The van der Waals surface area contributed by atoms with Gasteiger partial charge in [-0.15, -0.1) is 0 Å². The van der Waals surface area contributed by atoms with Crippen LogP contribution in [0.25, 0.3) is 100 Å². The topological polar surface area (TPSA) is 38.9 Å². The molecule has 0 unspecified atom stereocenters. The number of hydrogen-bond donors (Lipinski definition) is 0. The lowest BCUT2D eigenvalue weighted by Gasteiger charge is -2.35. The van der Waals surface area contributed by atoms with E-state index in [1.165, 1.54) is 61.2 Å². The molecule has 0 radical (unpaired) electrons. The Morgan fingerprint density at radius 1 is 0.306 bits per heavy atom. The zero-order chi connectivity index (χ0) is 40.8. The maximum Gasteiger partial charge on any atom is 0.160 e. The van der Waals surface area contributed by atoms with E-state index in [1.807, 2.05) is 18.2 Å². The van der Waals surface area contributed by atoms with Crippen molar-refractivity contribution in [2.24, 2.45) is 0 Å². The molecular weight excluding hydrogens is 753 g/mol. The summed E-state index contributed by atoms with van der Waals surface area (Å²) >= 11 is 0. The standard InChI is InChI=1S/C59H36N2O/c1-2-15-37(16-3-1)38-29-31-39(32-30-38)58-60-54(36-55(61-58)49-24-14-23-48-47-22-9-13-28-56(47)62-57(48)49)40-33-34-46-42-18-5-4-17-41(42)43-19-6-10-25-50(43)59(53(46)35-40)51-26-11-7-20-44(51)45-21-8-12-27-52(45)59/h1-36H. The second-order valence-electron chi connectivity index (χ2n) is 16.4. The highest BCUT2D eigenvalue weighted by molar-refractivity contribution is 6.09. The molecule has 0 amide bonds. The number of rotatable bonds is 4. The Labute approximate surface area is 359 Å². The van der Waals surface area contributed by atoms with Gasteiger partial charge in [0.25, 0.3) is 0 Å². The van der Waals surface area contributed by atoms with Gasteiger partial charge in [0.2, 0.25) is 0 Å². The summed E-state index contributed by atoms with van der Waals surface area (Å²) in [6.45, 7) is 0. The number of aromatic nitrogens is 2. The third-order valence-electron chi connectivity index (χ3n) is 13.2. The Bertz CT molecular complexity index is 3540. The zero-order valence-corrected chi connectivity index (χ0v) is 33.6. The summed E-state index contributed by atoms with van der Waals surface area (Å²) in [5, 5.41) is 2.15. The van der Waals surface area contributed by atoms with Gasteiger partial charge in [-0.2, -0.15) is 0 Å². The molecule has 9 aromatic carbocycles. The number of para-hydroxylation sites is 2. The molecule has 11 aromatic rings. The highest BCUT2D eigenvalue weighted by Crippen LogP contribution is 2.61. The van der Waals surface area contributed by atoms with Crippen molar-refractivity contribution in [2.45, 2.75) is 5.41 Å². The molecule has 0 bridgehead atoms. The van der Waals surface area contributed by atoms with Crippen molar-refractivity contribution < 1.29 is 4.42 Å². The van der Waals surface area contributed by atoms with Crippen LogP contribution in [-0.4, -0.2) is 9.97 Å². The van der Waals surface area contributed by atoms with Gasteiger partial charge in [0, 0.05) is 27.5 Å². The fourth-order valence-corrected chi connectivity index (χ4v) is 10.5. The van der Waals surface area contributed by atoms with Crippen molar-refractivity contribution in [1.82, 2.24) is 9.97 Å². The van der Waals surface area contributed by atoms with Crippen molar-refractivity contribution in [1.29, 1.82) is 0 Å². The average molecular weight is 789 g/mol. The highest BCUT2D eigenvalue weighted by Gasteiger charge is 2.49. The van der Waals surface area contributed by atoms with Crippen molar-refractivity contribution in [3.63, 3.8) is 0 Å². The summed E-state index contributed by atoms with van der Waals surface area (Å²) in [7, 11) is 0. The molecule has 2 aliphatic carbocycles. The molecule has 0 saturated heterocycles. The van der Waals surface area contributed by atoms with Crippen molar-refractivity contribution >= 4 is 21.9 Å². The first-order valence-electron chi connectivity index (χ1n) is 21.2. The molecule has 13 rings (SSSR count). The summed E-state index contributed by atoms with van der Waals surface area (Å²) in [6, 6.07) is 78.7. The largest absolute Gasteiger partial charge is 0.455 e. The van der Waals surface area contributed by atoms with E-state index < -0.39 is 5.41 Å². The van der Waals surface area contributed by atoms with E-state index in [9.17, 15) is 0 Å². The Balaban J connectivity index is 1.09. The molecule has 3 heteroatoms. The molecule has 0 saturated carbocycles. The number of hydrogen-bond acceptors (Lipinski definition) is 3. The lowest BCUT2D eigenvalue weighted by atomic mass is 9.65. The van der Waals surface area contributed by atoms with E-state index in [0.29, 0.717) is 5.82 Å². The summed E-state index contributed by atoms with van der Waals surface area (Å²) < 4.78 is 6.62. The highest BCUT2D eigenvalue weighted by atomic mass is 16.3. The van der Waals surface area contributed by atoms with Gasteiger partial charge in [0.15, 0.2) is 5.82 Å². The number of nitrogens with zero attached hydrogens (tertiary/aromatic N) is 2. The number of benzene rings is 9. The van der Waals surface area contributed by atoms with Crippen LogP contribution in [-0.2, 0) is 5.41 Å². The predicted molar refractivity (Wildman–Crippen MR) is 253 cm³/mol. The van der Waals surface area contributed by atoms with Gasteiger partial charge in [-0.05, 0) is 91.0 Å². The smallest absolute Gasteiger partial charge is 0.160 e. The Hall–Kier alpha value is -8.14. The summed E-state index contributed by atoms with van der Waals surface area (Å²) in [4.78, 5) is 10.8. The average Bonchev–Trinajstić information content (AvgIpc) is 3.85. The van der Waals surface area contributed by atoms with Crippen molar-refractivity contribution in [3.05, 3.63) is 241 Å². The molecular formula is C59H36N2O. The first kappa shape index (κ1) is 34.7. The van der Waals surface area contributed by atoms with Gasteiger partial charge in [-0.25, -0.2) is 9.97 Å². The maximum atomic E-state index is 6.62. The van der Waals surface area contributed by atoms with Crippen molar-refractivity contribution in [2.75, 3.05) is 0 Å². The van der Waals surface area contributed by atoms with Gasteiger partial charge >= 0.3 is 0 Å². The number of furan rings is 1. The van der Waals surface area contributed by atoms with Crippen LogP contribution in [0, 0.1) is 0 Å². The van der Waals surface area contributed by atoms with E-state index in [2.05, 4.69) is 200 Å². The van der Waals surface area contributed by atoms with Crippen LogP contribution in [0.2, 0.25) is 0 Å². The fraction of sp³-hybridized carbons (Fsp3) is 0.0169. The second-order valence-corrected chi connectivity index (χ2v) is 16.4. The van der Waals surface area contributed by atoms with Gasteiger partial charge in [0.05, 0.1) is 16.8 Å². The van der Waals surface area contributed by atoms with E-state index in [0.717, 1.165) is 55.6 Å². The molecule has 0 N–H and O–H groups in total. The lowest BCUT2D eigenvalue weighted by molar-refractivity contribution is 0.670. The maximum absolute atomic E-state index is 6.62. The second kappa shape index (κ2) is 13.4. The Morgan fingerprint density at radius 3 is 1.48 bits per heavy atom. The SMILES string of the molecule is c1ccc(-c2ccc(-c3nc(-c4ccc5c(c4)C4(c6ccccc6-c6ccccc6-5)c5ccccc5-c5ccccc54)cc(-c4cccc5c4oc4ccccc45)n3)cc2)cc1. The first-order valence-corrected chi connectivity index (χ1v) is 21.2. The van der Waals surface area contributed by atoms with E-state index >= 15 is 0 Å². The molecule has 0 fully saturated rings. The molecule has 3 nitrogen and oxygen atoms in total. The van der Waals surface area contributed by atoms with Crippen molar-refractivity contribution in [3.8, 4) is 78.4 Å². The van der Waals surface area contributed by atoms with Crippen LogP contribution < -0.4 is 0 Å². The predicted octanol–water partition coefficient (Wildman–Crippen LogP) is 15.1. The van der Waals surface area contributed by atoms with E-state index in [-0.39, 0.29) is 0 Å². The molecule has 0 aliphatic heterocycles. The third-order valence-corrected chi connectivity index (χ3v) is 13.2. The first-order chi connectivity index (χ1) is 30.7. The van der Waals surface area contributed by atoms with Crippen LogP contribution >= 0.6 is 0 Å². The Kier molecular flexibility index (Phi) is 7.52. The zero-order valence-electron chi connectivity index (χ0n) is 33.6. The van der Waals surface area contributed by atoms with E-state index in [1.54, 1.807) is 0 Å². The minimum atomic E-state index is -0.597. The van der Waals surface area contributed by atoms with Gasteiger partial charge in [0.1, 0.15) is 11.2 Å². The van der Waals surface area contributed by atoms with Crippen LogP contribution in [0.15, 0.2) is 223 Å². The van der Waals surface area contributed by atoms with Gasteiger partial charge in [-0.3, -0.25) is 0 Å².